The van der Waals surface area contributed by atoms with Gasteiger partial charge in [0.2, 0.25) is 0 Å². The Labute approximate surface area is 170 Å². The zero-order valence-electron chi connectivity index (χ0n) is 17.8. The van der Waals surface area contributed by atoms with Crippen molar-refractivity contribution in [2.24, 2.45) is 11.3 Å². The molecule has 0 aromatic heterocycles. The third kappa shape index (κ3) is 3.77. The summed E-state index contributed by atoms with van der Waals surface area (Å²) in [5, 5.41) is 0. The van der Waals surface area contributed by atoms with Gasteiger partial charge in [-0.05, 0) is 34.8 Å². The fourth-order valence-electron chi connectivity index (χ4n) is 3.80. The SMILES string of the molecule is C=C=C(CC1=C(c2ccc(C)cc2)C=C2C=CC(C(C)(C)C=C)=CC21)N(C)C. The molecule has 2 aliphatic carbocycles. The molecule has 0 saturated heterocycles. The first kappa shape index (κ1) is 20.0. The highest BCUT2D eigenvalue weighted by Crippen LogP contribution is 2.46. The lowest BCUT2D eigenvalue weighted by Crippen LogP contribution is -2.17. The Morgan fingerprint density at radius 3 is 2.43 bits per heavy atom. The number of allylic oxidation sites excluding steroid dienone is 9. The Morgan fingerprint density at radius 1 is 1.18 bits per heavy atom. The van der Waals surface area contributed by atoms with E-state index in [1.807, 2.05) is 6.08 Å². The molecule has 2 aliphatic rings. The van der Waals surface area contributed by atoms with Crippen molar-refractivity contribution in [3.8, 4) is 0 Å². The summed E-state index contributed by atoms with van der Waals surface area (Å²) in [4.78, 5) is 2.11. The summed E-state index contributed by atoms with van der Waals surface area (Å²) >= 11 is 0. The molecule has 1 heteroatoms. The highest BCUT2D eigenvalue weighted by Gasteiger charge is 2.31. The largest absolute Gasteiger partial charge is 0.374 e. The van der Waals surface area contributed by atoms with Crippen molar-refractivity contribution < 1.29 is 0 Å². The highest BCUT2D eigenvalue weighted by atomic mass is 15.1. The molecule has 0 N–H and O–H groups in total. The first-order valence-corrected chi connectivity index (χ1v) is 9.88. The van der Waals surface area contributed by atoms with Crippen molar-refractivity contribution >= 4 is 5.57 Å². The monoisotopic (exact) mass is 369 g/mol. The molecule has 0 radical (unpaired) electrons. The van der Waals surface area contributed by atoms with E-state index < -0.39 is 0 Å². The fourth-order valence-corrected chi connectivity index (χ4v) is 3.80. The molecule has 0 bridgehead atoms. The van der Waals surface area contributed by atoms with Gasteiger partial charge in [-0.3, -0.25) is 0 Å². The molecule has 1 atom stereocenters. The summed E-state index contributed by atoms with van der Waals surface area (Å²) in [5.41, 5.74) is 12.2. The highest BCUT2D eigenvalue weighted by molar-refractivity contribution is 5.84. The molecule has 0 aliphatic heterocycles. The van der Waals surface area contributed by atoms with Gasteiger partial charge in [-0.2, -0.15) is 0 Å². The van der Waals surface area contributed by atoms with E-state index in [9.17, 15) is 0 Å². The lowest BCUT2D eigenvalue weighted by atomic mass is 9.77. The van der Waals surface area contributed by atoms with E-state index in [2.05, 4.69) is 107 Å². The molecule has 0 heterocycles. The molecule has 0 fully saturated rings. The Bertz CT molecular complexity index is 952. The Kier molecular flexibility index (Phi) is 5.49. The Hall–Kier alpha value is -2.76. The maximum Gasteiger partial charge on any atom is 0.0594 e. The second-order valence-electron chi connectivity index (χ2n) is 8.50. The number of rotatable bonds is 6. The summed E-state index contributed by atoms with van der Waals surface area (Å²) in [7, 11) is 4.12. The molecule has 1 aromatic carbocycles. The molecule has 1 nitrogen and oxygen atoms in total. The summed E-state index contributed by atoms with van der Waals surface area (Å²) in [6.45, 7) is 14.5. The van der Waals surface area contributed by atoms with Crippen LogP contribution in [0.5, 0.6) is 0 Å². The predicted molar refractivity (Wildman–Crippen MR) is 122 cm³/mol. The van der Waals surface area contributed by atoms with Gasteiger partial charge in [0.1, 0.15) is 0 Å². The van der Waals surface area contributed by atoms with E-state index in [1.54, 1.807) is 0 Å². The topological polar surface area (TPSA) is 3.24 Å². The van der Waals surface area contributed by atoms with Crippen molar-refractivity contribution in [2.75, 3.05) is 14.1 Å². The van der Waals surface area contributed by atoms with E-state index in [4.69, 9.17) is 0 Å². The van der Waals surface area contributed by atoms with E-state index >= 15 is 0 Å². The lowest BCUT2D eigenvalue weighted by molar-refractivity contribution is 0.496. The summed E-state index contributed by atoms with van der Waals surface area (Å²) < 4.78 is 0. The van der Waals surface area contributed by atoms with E-state index in [-0.39, 0.29) is 5.41 Å². The number of hydrogen-bond donors (Lipinski definition) is 0. The first-order valence-electron chi connectivity index (χ1n) is 9.88. The van der Waals surface area contributed by atoms with Crippen molar-refractivity contribution in [1.29, 1.82) is 0 Å². The zero-order valence-corrected chi connectivity index (χ0v) is 17.8. The van der Waals surface area contributed by atoms with Crippen LogP contribution in [0.25, 0.3) is 5.57 Å². The summed E-state index contributed by atoms with van der Waals surface area (Å²) in [5.74, 6) is 0.291. The second-order valence-corrected chi connectivity index (χ2v) is 8.50. The average Bonchev–Trinajstić information content (AvgIpc) is 3.03. The van der Waals surface area contributed by atoms with Crippen LogP contribution >= 0.6 is 0 Å². The normalized spacial score (nSPS) is 18.2. The van der Waals surface area contributed by atoms with Crippen LogP contribution in [0.4, 0.5) is 0 Å². The van der Waals surface area contributed by atoms with E-state index in [1.165, 1.54) is 33.4 Å². The zero-order chi connectivity index (χ0) is 20.5. The minimum absolute atomic E-state index is 0.0432. The number of hydrogen-bond acceptors (Lipinski definition) is 1. The third-order valence-corrected chi connectivity index (χ3v) is 5.91. The molecule has 1 aromatic rings. The van der Waals surface area contributed by atoms with Crippen LogP contribution in [-0.4, -0.2) is 19.0 Å². The molecule has 0 amide bonds. The maximum atomic E-state index is 4.04. The van der Waals surface area contributed by atoms with Crippen LogP contribution < -0.4 is 0 Å². The Morgan fingerprint density at radius 2 is 1.86 bits per heavy atom. The molecule has 144 valence electrons. The average molecular weight is 370 g/mol. The molecule has 0 saturated carbocycles. The van der Waals surface area contributed by atoms with Crippen LogP contribution in [0, 0.1) is 18.3 Å². The number of benzene rings is 1. The van der Waals surface area contributed by atoms with Crippen LogP contribution in [0.3, 0.4) is 0 Å². The minimum Gasteiger partial charge on any atom is -0.374 e. The second kappa shape index (κ2) is 7.70. The van der Waals surface area contributed by atoms with Gasteiger partial charge in [0, 0.05) is 31.8 Å². The van der Waals surface area contributed by atoms with Gasteiger partial charge in [-0.15, -0.1) is 12.3 Å². The molecule has 3 rings (SSSR count). The summed E-state index contributed by atoms with van der Waals surface area (Å²) in [6, 6.07) is 8.84. The Balaban J connectivity index is 2.12. The molecule has 0 spiro atoms. The van der Waals surface area contributed by atoms with E-state index in [0.29, 0.717) is 5.92 Å². The quantitative estimate of drug-likeness (QED) is 0.401. The van der Waals surface area contributed by atoms with Crippen molar-refractivity contribution in [1.82, 2.24) is 4.90 Å². The van der Waals surface area contributed by atoms with Crippen molar-refractivity contribution in [3.63, 3.8) is 0 Å². The van der Waals surface area contributed by atoms with Crippen molar-refractivity contribution in [3.05, 3.63) is 107 Å². The molecular weight excluding hydrogens is 338 g/mol. The molecular formula is C27H31N. The van der Waals surface area contributed by atoms with Gasteiger partial charge in [0.25, 0.3) is 0 Å². The van der Waals surface area contributed by atoms with E-state index in [0.717, 1.165) is 12.1 Å². The molecule has 28 heavy (non-hydrogen) atoms. The number of aryl methyl sites for hydroxylation is 1. The van der Waals surface area contributed by atoms with Crippen LogP contribution in [0.2, 0.25) is 0 Å². The van der Waals surface area contributed by atoms with Crippen LogP contribution in [0.15, 0.2) is 96.0 Å². The fraction of sp³-hybridized carbons (Fsp3) is 0.296. The summed E-state index contributed by atoms with van der Waals surface area (Å²) in [6.07, 6.45) is 12.2. The number of fused-ring (bicyclic) bond motifs is 1. The van der Waals surface area contributed by atoms with Gasteiger partial charge in [-0.25, -0.2) is 0 Å². The van der Waals surface area contributed by atoms with Crippen LogP contribution in [0.1, 0.15) is 31.4 Å². The predicted octanol–water partition coefficient (Wildman–Crippen LogP) is 6.63. The third-order valence-electron chi connectivity index (χ3n) is 5.91. The smallest absolute Gasteiger partial charge is 0.0594 e. The standard InChI is InChI=1S/C27H31N/c1-8-23(28(6)7)18-26-24(20-12-10-19(3)11-13-20)16-21-14-15-22(17-25(21)26)27(4,5)9-2/h9-17,25H,1-2,18H2,3-7H3. The lowest BCUT2D eigenvalue weighted by Gasteiger charge is -2.28. The van der Waals surface area contributed by atoms with Crippen LogP contribution in [-0.2, 0) is 0 Å². The van der Waals surface area contributed by atoms with Gasteiger partial charge >= 0.3 is 0 Å². The molecule has 1 unspecified atom stereocenters. The van der Waals surface area contributed by atoms with Gasteiger partial charge < -0.3 is 4.90 Å². The number of nitrogens with zero attached hydrogens (tertiary/aromatic N) is 1. The minimum atomic E-state index is -0.0432. The maximum absolute atomic E-state index is 4.04. The van der Waals surface area contributed by atoms with Crippen molar-refractivity contribution in [2.45, 2.75) is 27.2 Å². The van der Waals surface area contributed by atoms with Gasteiger partial charge in [0.15, 0.2) is 0 Å². The van der Waals surface area contributed by atoms with Gasteiger partial charge in [-0.1, -0.05) is 80.6 Å². The van der Waals surface area contributed by atoms with Gasteiger partial charge in [0.05, 0.1) is 5.70 Å². The first-order chi connectivity index (χ1) is 13.3.